The van der Waals surface area contributed by atoms with E-state index in [2.05, 4.69) is 15.9 Å². The third kappa shape index (κ3) is 1.96. The van der Waals surface area contributed by atoms with Gasteiger partial charge < -0.3 is 5.73 Å². The van der Waals surface area contributed by atoms with Crippen LogP contribution in [0.15, 0.2) is 14.7 Å². The molecule has 1 saturated carbocycles. The number of fused-ring (bicyclic) bond motifs is 2. The number of nitrogens with two attached hydrogens (primary N) is 1. The van der Waals surface area contributed by atoms with Gasteiger partial charge in [0.05, 0.1) is 3.79 Å². The zero-order valence-corrected chi connectivity index (χ0v) is 13.0. The highest BCUT2D eigenvalue weighted by Gasteiger charge is 2.45. The zero-order valence-electron chi connectivity index (χ0n) is 9.80. The molecule has 1 aliphatic carbocycles. The Kier molecular flexibility index (Phi) is 3.30. The second kappa shape index (κ2) is 4.56. The van der Waals surface area contributed by atoms with Crippen LogP contribution < -0.4 is 5.73 Å². The van der Waals surface area contributed by atoms with E-state index in [1.807, 2.05) is 0 Å². The van der Waals surface area contributed by atoms with Gasteiger partial charge in [0.1, 0.15) is 4.90 Å². The van der Waals surface area contributed by atoms with Crippen LogP contribution in [-0.4, -0.2) is 25.3 Å². The Hall–Kier alpha value is 0.0500. The standard InChI is InChI=1S/C11H15BrN2O2S2/c12-11-10(4-9(5-13)17-11)18(15,16)14-6-7-1-2-8(14)3-7/h4,7-8H,1-3,5-6,13H2. The molecule has 4 nitrogen and oxygen atoms in total. The zero-order chi connectivity index (χ0) is 12.9. The van der Waals surface area contributed by atoms with Crippen LogP contribution in [0.1, 0.15) is 24.1 Å². The van der Waals surface area contributed by atoms with Crippen LogP contribution in [0.3, 0.4) is 0 Å². The molecule has 1 aromatic heterocycles. The molecule has 2 atom stereocenters. The van der Waals surface area contributed by atoms with Crippen molar-refractivity contribution in [3.63, 3.8) is 0 Å². The normalized spacial score (nSPS) is 28.1. The Morgan fingerprint density at radius 3 is 2.78 bits per heavy atom. The molecular formula is C11H15BrN2O2S2. The smallest absolute Gasteiger partial charge is 0.245 e. The Balaban J connectivity index is 1.97. The molecule has 0 radical (unpaired) electrons. The number of halogens is 1. The van der Waals surface area contributed by atoms with Gasteiger partial charge in [-0.2, -0.15) is 4.31 Å². The second-order valence-electron chi connectivity index (χ2n) is 4.96. The Morgan fingerprint density at radius 1 is 1.50 bits per heavy atom. The molecule has 2 aliphatic rings. The van der Waals surface area contributed by atoms with Crippen LogP contribution in [0.4, 0.5) is 0 Å². The van der Waals surface area contributed by atoms with Crippen LogP contribution in [0.5, 0.6) is 0 Å². The van der Waals surface area contributed by atoms with Gasteiger partial charge in [0.15, 0.2) is 0 Å². The van der Waals surface area contributed by atoms with Crippen LogP contribution in [0.2, 0.25) is 0 Å². The van der Waals surface area contributed by atoms with Gasteiger partial charge in [-0.05, 0) is 47.2 Å². The molecule has 0 aromatic carbocycles. The van der Waals surface area contributed by atoms with E-state index in [1.54, 1.807) is 10.4 Å². The molecule has 7 heteroatoms. The average Bonchev–Trinajstić information content (AvgIpc) is 3.02. The topological polar surface area (TPSA) is 63.4 Å². The highest BCUT2D eigenvalue weighted by Crippen LogP contribution is 2.42. The van der Waals surface area contributed by atoms with E-state index >= 15 is 0 Å². The van der Waals surface area contributed by atoms with Crippen molar-refractivity contribution in [3.05, 3.63) is 14.7 Å². The van der Waals surface area contributed by atoms with Crippen molar-refractivity contribution in [2.75, 3.05) is 6.54 Å². The number of piperidine rings is 1. The van der Waals surface area contributed by atoms with Gasteiger partial charge in [-0.25, -0.2) is 8.42 Å². The molecule has 3 rings (SSSR count). The quantitative estimate of drug-likeness (QED) is 0.908. The fourth-order valence-electron chi connectivity index (χ4n) is 2.97. The minimum atomic E-state index is -3.35. The summed E-state index contributed by atoms with van der Waals surface area (Å²) in [5.74, 6) is 0.566. The van der Waals surface area contributed by atoms with E-state index < -0.39 is 10.0 Å². The Morgan fingerprint density at radius 2 is 2.28 bits per heavy atom. The van der Waals surface area contributed by atoms with Crippen molar-refractivity contribution in [3.8, 4) is 0 Å². The van der Waals surface area contributed by atoms with Gasteiger partial charge in [-0.15, -0.1) is 11.3 Å². The van der Waals surface area contributed by atoms with Crippen LogP contribution in [0, 0.1) is 5.92 Å². The third-order valence-electron chi connectivity index (χ3n) is 3.85. The van der Waals surface area contributed by atoms with Crippen LogP contribution in [-0.2, 0) is 16.6 Å². The first-order chi connectivity index (χ1) is 8.52. The van der Waals surface area contributed by atoms with Crippen molar-refractivity contribution in [1.82, 2.24) is 4.31 Å². The van der Waals surface area contributed by atoms with Crippen molar-refractivity contribution in [2.45, 2.75) is 36.7 Å². The second-order valence-corrected chi connectivity index (χ2v) is 9.28. The fourth-order valence-corrected chi connectivity index (χ4v) is 7.23. The lowest BCUT2D eigenvalue weighted by Gasteiger charge is -2.25. The molecule has 2 heterocycles. The molecule has 0 spiro atoms. The summed E-state index contributed by atoms with van der Waals surface area (Å²) in [6.45, 7) is 1.07. The summed E-state index contributed by atoms with van der Waals surface area (Å²) >= 11 is 4.76. The number of nitrogens with zero attached hydrogens (tertiary/aromatic N) is 1. The van der Waals surface area contributed by atoms with E-state index in [1.165, 1.54) is 17.8 Å². The highest BCUT2D eigenvalue weighted by molar-refractivity contribution is 9.11. The maximum absolute atomic E-state index is 12.6. The lowest BCUT2D eigenvalue weighted by molar-refractivity contribution is 0.333. The molecule has 1 saturated heterocycles. The highest BCUT2D eigenvalue weighted by atomic mass is 79.9. The van der Waals surface area contributed by atoms with Gasteiger partial charge in [0, 0.05) is 24.0 Å². The number of thiophene rings is 1. The summed E-state index contributed by atoms with van der Waals surface area (Å²) in [6, 6.07) is 1.92. The van der Waals surface area contributed by atoms with Crippen molar-refractivity contribution < 1.29 is 8.42 Å². The van der Waals surface area contributed by atoms with Crippen LogP contribution in [0.25, 0.3) is 0 Å². The van der Waals surface area contributed by atoms with Crippen LogP contribution >= 0.6 is 27.3 Å². The summed E-state index contributed by atoms with van der Waals surface area (Å²) < 4.78 is 27.6. The molecule has 2 bridgehead atoms. The summed E-state index contributed by atoms with van der Waals surface area (Å²) in [7, 11) is -3.35. The first-order valence-corrected chi connectivity index (χ1v) is 9.07. The predicted molar refractivity (Wildman–Crippen MR) is 74.9 cm³/mol. The molecule has 2 fully saturated rings. The maximum atomic E-state index is 12.6. The van der Waals surface area contributed by atoms with Gasteiger partial charge in [-0.3, -0.25) is 0 Å². The molecule has 18 heavy (non-hydrogen) atoms. The summed E-state index contributed by atoms with van der Waals surface area (Å²) in [6.07, 6.45) is 3.22. The summed E-state index contributed by atoms with van der Waals surface area (Å²) in [5, 5.41) is 0. The lowest BCUT2D eigenvalue weighted by Crippen LogP contribution is -2.37. The minimum absolute atomic E-state index is 0.216. The molecule has 100 valence electrons. The summed E-state index contributed by atoms with van der Waals surface area (Å²) in [4.78, 5) is 1.28. The lowest BCUT2D eigenvalue weighted by atomic mass is 10.1. The van der Waals surface area contributed by atoms with E-state index in [9.17, 15) is 8.42 Å². The minimum Gasteiger partial charge on any atom is -0.326 e. The van der Waals surface area contributed by atoms with Crippen molar-refractivity contribution in [1.29, 1.82) is 0 Å². The molecular weight excluding hydrogens is 336 g/mol. The molecule has 1 aromatic rings. The molecule has 2 N–H and O–H groups in total. The Bertz CT molecular complexity index is 570. The predicted octanol–water partition coefficient (Wildman–Crippen LogP) is 2.14. The molecule has 2 unspecified atom stereocenters. The molecule has 1 aliphatic heterocycles. The van der Waals surface area contributed by atoms with E-state index in [0.29, 0.717) is 27.7 Å². The third-order valence-corrected chi connectivity index (χ3v) is 8.05. The fraction of sp³-hybridized carbons (Fsp3) is 0.636. The van der Waals surface area contributed by atoms with Gasteiger partial charge in [0.2, 0.25) is 10.0 Å². The SMILES string of the molecule is NCc1cc(S(=O)(=O)N2CC3CCC2C3)c(Br)s1. The number of sulfonamides is 1. The average molecular weight is 351 g/mol. The maximum Gasteiger partial charge on any atom is 0.245 e. The van der Waals surface area contributed by atoms with E-state index in [-0.39, 0.29) is 6.04 Å². The Labute approximate surface area is 119 Å². The number of rotatable bonds is 3. The van der Waals surface area contributed by atoms with Crippen molar-refractivity contribution >= 4 is 37.3 Å². The first-order valence-electron chi connectivity index (χ1n) is 6.02. The molecule has 0 amide bonds. The largest absolute Gasteiger partial charge is 0.326 e. The van der Waals surface area contributed by atoms with Gasteiger partial charge >= 0.3 is 0 Å². The number of hydrogen-bond donors (Lipinski definition) is 1. The van der Waals surface area contributed by atoms with E-state index in [0.717, 1.165) is 17.7 Å². The summed E-state index contributed by atoms with van der Waals surface area (Å²) in [5.41, 5.74) is 5.57. The van der Waals surface area contributed by atoms with Gasteiger partial charge in [0.25, 0.3) is 0 Å². The first kappa shape index (κ1) is 13.1. The monoisotopic (exact) mass is 350 g/mol. The van der Waals surface area contributed by atoms with E-state index in [4.69, 9.17) is 5.73 Å². The van der Waals surface area contributed by atoms with Gasteiger partial charge in [-0.1, -0.05) is 0 Å². The van der Waals surface area contributed by atoms with Crippen molar-refractivity contribution in [2.24, 2.45) is 11.7 Å². The number of hydrogen-bond acceptors (Lipinski definition) is 4.